The van der Waals surface area contributed by atoms with Gasteiger partial charge in [-0.15, -0.1) is 0 Å². The highest BCUT2D eigenvalue weighted by atomic mass is 15.2. The fraction of sp³-hybridized carbons (Fsp3) is 0.348. The van der Waals surface area contributed by atoms with Crippen LogP contribution in [-0.4, -0.2) is 0 Å². The second kappa shape index (κ2) is 20.8. The van der Waals surface area contributed by atoms with Crippen molar-refractivity contribution in [2.75, 3.05) is 9.80 Å². The van der Waals surface area contributed by atoms with E-state index < -0.39 is 0 Å². The third kappa shape index (κ3) is 10.3. The molecule has 0 radical (unpaired) electrons. The summed E-state index contributed by atoms with van der Waals surface area (Å²) in [6.45, 7) is 16.9. The Hall–Kier alpha value is -4.30. The Balaban J connectivity index is 0.00000151. The monoisotopic (exact) mass is 640 g/mol. The molecule has 254 valence electrons. The number of hydrogen-bond acceptors (Lipinski definition) is 2. The maximum Gasteiger partial charge on any atom is 0.0463 e. The molecule has 0 heterocycles. The van der Waals surface area contributed by atoms with Gasteiger partial charge in [0.15, 0.2) is 0 Å². The van der Waals surface area contributed by atoms with Crippen molar-refractivity contribution in [2.24, 2.45) is 0 Å². The van der Waals surface area contributed by atoms with Gasteiger partial charge in [0.25, 0.3) is 0 Å². The molecule has 5 aromatic rings. The Morgan fingerprint density at radius 2 is 0.521 bits per heavy atom. The van der Waals surface area contributed by atoms with E-state index in [2.05, 4.69) is 159 Å². The van der Waals surface area contributed by atoms with E-state index in [-0.39, 0.29) is 0 Å². The minimum atomic E-state index is 1.04. The van der Waals surface area contributed by atoms with Crippen LogP contribution in [0.1, 0.15) is 103 Å². The summed E-state index contributed by atoms with van der Waals surface area (Å²) < 4.78 is 0. The molecular weight excluding hydrogens is 581 g/mol. The van der Waals surface area contributed by atoms with Crippen LogP contribution in [0.5, 0.6) is 0 Å². The molecule has 0 fully saturated rings. The van der Waals surface area contributed by atoms with Gasteiger partial charge in [0.2, 0.25) is 0 Å². The number of anilines is 6. The number of benzene rings is 5. The highest BCUT2D eigenvalue weighted by Crippen LogP contribution is 2.39. The summed E-state index contributed by atoms with van der Waals surface area (Å²) in [5.41, 5.74) is 12.5. The minimum Gasteiger partial charge on any atom is -0.311 e. The molecule has 0 atom stereocenters. The van der Waals surface area contributed by atoms with Gasteiger partial charge in [0.05, 0.1) is 0 Å². The molecule has 0 saturated carbocycles. The highest BCUT2D eigenvalue weighted by Gasteiger charge is 2.16. The molecule has 0 aliphatic heterocycles. The molecule has 0 unspecified atom stereocenters. The van der Waals surface area contributed by atoms with Crippen LogP contribution in [0, 0.1) is 0 Å². The van der Waals surface area contributed by atoms with E-state index in [9.17, 15) is 0 Å². The van der Waals surface area contributed by atoms with Crippen molar-refractivity contribution < 1.29 is 0 Å². The first-order valence-electron chi connectivity index (χ1n) is 18.7. The van der Waals surface area contributed by atoms with E-state index in [1.807, 2.05) is 27.7 Å². The predicted octanol–water partition coefficient (Wildman–Crippen LogP) is 14.5. The molecule has 0 amide bonds. The minimum absolute atomic E-state index is 1.04. The number of hydrogen-bond donors (Lipinski definition) is 0. The van der Waals surface area contributed by atoms with Crippen LogP contribution in [-0.2, 0) is 25.7 Å². The van der Waals surface area contributed by atoms with E-state index in [0.717, 1.165) is 37.1 Å². The molecule has 0 N–H and O–H groups in total. The fourth-order valence-corrected chi connectivity index (χ4v) is 5.79. The van der Waals surface area contributed by atoms with Crippen molar-refractivity contribution in [1.82, 2.24) is 0 Å². The van der Waals surface area contributed by atoms with Crippen LogP contribution >= 0.6 is 0 Å². The summed E-state index contributed by atoms with van der Waals surface area (Å²) >= 11 is 0. The van der Waals surface area contributed by atoms with Crippen LogP contribution in [0.15, 0.2) is 121 Å². The Kier molecular flexibility index (Phi) is 16.6. The van der Waals surface area contributed by atoms with Crippen molar-refractivity contribution in [3.63, 3.8) is 0 Å². The lowest BCUT2D eigenvalue weighted by molar-refractivity contribution is 0.795. The van der Waals surface area contributed by atoms with Crippen LogP contribution in [0.4, 0.5) is 34.1 Å². The Morgan fingerprint density at radius 1 is 0.312 bits per heavy atom. The number of unbranched alkanes of at least 4 members (excludes halogenated alkanes) is 2. The van der Waals surface area contributed by atoms with E-state index in [1.165, 1.54) is 70.7 Å². The third-order valence-electron chi connectivity index (χ3n) is 8.60. The van der Waals surface area contributed by atoms with Gasteiger partial charge >= 0.3 is 0 Å². The summed E-state index contributed by atoms with van der Waals surface area (Å²) in [4.78, 5) is 4.74. The molecule has 48 heavy (non-hydrogen) atoms. The van der Waals surface area contributed by atoms with Crippen LogP contribution in [0.2, 0.25) is 0 Å². The first-order valence-corrected chi connectivity index (χ1v) is 18.7. The second-order valence-corrected chi connectivity index (χ2v) is 11.8. The third-order valence-corrected chi connectivity index (χ3v) is 8.60. The normalized spacial score (nSPS) is 10.3. The Morgan fingerprint density at radius 3 is 0.729 bits per heavy atom. The summed E-state index contributed by atoms with van der Waals surface area (Å²) in [6, 6.07) is 45.3. The first-order chi connectivity index (χ1) is 23.6. The van der Waals surface area contributed by atoms with Crippen LogP contribution in [0.3, 0.4) is 0 Å². The highest BCUT2D eigenvalue weighted by molar-refractivity contribution is 5.81. The summed E-state index contributed by atoms with van der Waals surface area (Å²) in [5, 5.41) is 0. The molecule has 0 aliphatic carbocycles. The summed E-state index contributed by atoms with van der Waals surface area (Å²) in [5.74, 6) is 0. The topological polar surface area (TPSA) is 6.48 Å². The zero-order valence-corrected chi connectivity index (χ0v) is 31.1. The summed E-state index contributed by atoms with van der Waals surface area (Å²) in [6.07, 6.45) is 9.21. The van der Waals surface area contributed by atoms with Gasteiger partial charge in [-0.2, -0.15) is 0 Å². The van der Waals surface area contributed by atoms with Gasteiger partial charge in [-0.3, -0.25) is 0 Å². The van der Waals surface area contributed by atoms with E-state index in [0.29, 0.717) is 0 Å². The maximum absolute atomic E-state index is 2.37. The van der Waals surface area contributed by atoms with Gasteiger partial charge in [0.1, 0.15) is 0 Å². The van der Waals surface area contributed by atoms with Crippen molar-refractivity contribution in [2.45, 2.75) is 107 Å². The van der Waals surface area contributed by atoms with Crippen molar-refractivity contribution in [3.05, 3.63) is 144 Å². The molecule has 0 aliphatic rings. The Labute approximate surface area is 293 Å². The van der Waals surface area contributed by atoms with Crippen molar-refractivity contribution in [1.29, 1.82) is 0 Å². The molecule has 2 heteroatoms. The lowest BCUT2D eigenvalue weighted by Crippen LogP contribution is -2.12. The van der Waals surface area contributed by atoms with Gasteiger partial charge in [-0.1, -0.05) is 117 Å². The van der Waals surface area contributed by atoms with Gasteiger partial charge < -0.3 is 9.80 Å². The zero-order valence-electron chi connectivity index (χ0n) is 31.1. The first kappa shape index (κ1) is 38.2. The van der Waals surface area contributed by atoms with Crippen LogP contribution in [0.25, 0.3) is 0 Å². The quantitative estimate of drug-likeness (QED) is 0.119. The average Bonchev–Trinajstić information content (AvgIpc) is 3.17. The molecule has 0 saturated heterocycles. The van der Waals surface area contributed by atoms with E-state index in [1.54, 1.807) is 0 Å². The zero-order chi connectivity index (χ0) is 34.7. The molecular formula is C46H60N2. The maximum atomic E-state index is 2.37. The van der Waals surface area contributed by atoms with Crippen molar-refractivity contribution >= 4 is 34.1 Å². The number of rotatable bonds is 14. The number of aryl methyl sites for hydroxylation is 4. The largest absolute Gasteiger partial charge is 0.311 e. The van der Waals surface area contributed by atoms with Gasteiger partial charge in [-0.05, 0) is 134 Å². The SMILES string of the molecule is CC.CC.CCCCc1ccc(N(c2ccc(CC)cc2)c2ccc(N(c3ccc(CC)cc3)c3ccc(CCCC)cc3)cc2)cc1. The predicted molar refractivity (Wildman–Crippen MR) is 214 cm³/mol. The molecule has 2 nitrogen and oxygen atoms in total. The molecule has 5 rings (SSSR count). The van der Waals surface area contributed by atoms with Crippen LogP contribution < -0.4 is 9.80 Å². The standard InChI is InChI=1S/C42H48N2.2C2H6/c1-5-9-11-35-17-25-39(26-18-35)43(37-21-13-33(7-3)14-22-37)41-29-31-42(32-30-41)44(38-23-15-34(8-4)16-24-38)40-27-19-36(20-28-40)12-10-6-2;2*1-2/h13-32H,5-12H2,1-4H3;2*1-2H3. The Bertz CT molecular complexity index is 1430. The molecule has 5 aromatic carbocycles. The number of nitrogens with zero attached hydrogens (tertiary/aromatic N) is 2. The fourth-order valence-electron chi connectivity index (χ4n) is 5.79. The van der Waals surface area contributed by atoms with Gasteiger partial charge in [-0.25, -0.2) is 0 Å². The molecule has 0 aromatic heterocycles. The smallest absolute Gasteiger partial charge is 0.0463 e. The van der Waals surface area contributed by atoms with Gasteiger partial charge in [0, 0.05) is 34.1 Å². The average molecular weight is 641 g/mol. The van der Waals surface area contributed by atoms with Crippen molar-refractivity contribution in [3.8, 4) is 0 Å². The molecule has 0 spiro atoms. The van der Waals surface area contributed by atoms with E-state index >= 15 is 0 Å². The lowest BCUT2D eigenvalue weighted by atomic mass is 10.1. The van der Waals surface area contributed by atoms with E-state index in [4.69, 9.17) is 0 Å². The second-order valence-electron chi connectivity index (χ2n) is 11.8. The molecule has 0 bridgehead atoms. The lowest BCUT2D eigenvalue weighted by Gasteiger charge is -2.28. The summed E-state index contributed by atoms with van der Waals surface area (Å²) in [7, 11) is 0.